The smallest absolute Gasteiger partial charge is 0.441 e. The van der Waals surface area contributed by atoms with E-state index in [1.165, 1.54) is 38.1 Å². The van der Waals surface area contributed by atoms with Crippen molar-refractivity contribution >= 4 is 29.2 Å². The van der Waals surface area contributed by atoms with Crippen molar-refractivity contribution in [3.05, 3.63) is 29.3 Å². The second kappa shape index (κ2) is 7.54. The van der Waals surface area contributed by atoms with Crippen LogP contribution in [0, 0.1) is 0 Å². The van der Waals surface area contributed by atoms with E-state index in [0.717, 1.165) is 0 Å². The zero-order valence-corrected chi connectivity index (χ0v) is 13.2. The number of carbonyl (C=O) groups excluding carboxylic acids is 2. The molecule has 0 aliphatic carbocycles. The molecular weight excluding hydrogens is 337 g/mol. The summed E-state index contributed by atoms with van der Waals surface area (Å²) >= 11 is 5.84. The summed E-state index contributed by atoms with van der Waals surface area (Å²) in [5.41, 5.74) is -3.60. The van der Waals surface area contributed by atoms with Crippen LogP contribution in [0.3, 0.4) is 0 Å². The lowest BCUT2D eigenvalue weighted by molar-refractivity contribution is -0.207. The number of ether oxygens (including phenoxy) is 1. The van der Waals surface area contributed by atoms with Crippen molar-refractivity contribution in [1.82, 2.24) is 5.32 Å². The third kappa shape index (κ3) is 4.28. The van der Waals surface area contributed by atoms with Crippen LogP contribution in [0.2, 0.25) is 5.02 Å². The SMILES string of the molecule is CCOC(=O)C(NC(=O)CC)(Nc1ccccc1Cl)C(F)(F)F. The minimum Gasteiger partial charge on any atom is -0.463 e. The van der Waals surface area contributed by atoms with E-state index in [9.17, 15) is 22.8 Å². The Morgan fingerprint density at radius 3 is 2.30 bits per heavy atom. The Balaban J connectivity index is 3.39. The van der Waals surface area contributed by atoms with Crippen molar-refractivity contribution < 1.29 is 27.5 Å². The Hall–Kier alpha value is -1.96. The molecule has 0 radical (unpaired) electrons. The maximum Gasteiger partial charge on any atom is 0.441 e. The van der Waals surface area contributed by atoms with E-state index in [1.807, 2.05) is 5.32 Å². The van der Waals surface area contributed by atoms with Crippen molar-refractivity contribution in [2.45, 2.75) is 32.1 Å². The Morgan fingerprint density at radius 1 is 1.22 bits per heavy atom. The largest absolute Gasteiger partial charge is 0.463 e. The summed E-state index contributed by atoms with van der Waals surface area (Å²) in [5.74, 6) is -2.65. The van der Waals surface area contributed by atoms with Crippen molar-refractivity contribution in [3.8, 4) is 0 Å². The van der Waals surface area contributed by atoms with Crippen LogP contribution in [0.1, 0.15) is 20.3 Å². The molecule has 1 rings (SSSR count). The molecule has 9 heteroatoms. The van der Waals surface area contributed by atoms with Gasteiger partial charge in [0, 0.05) is 6.42 Å². The molecule has 0 aliphatic rings. The number of amides is 1. The summed E-state index contributed by atoms with van der Waals surface area (Å²) < 4.78 is 45.4. The third-order valence-corrected chi connectivity index (χ3v) is 3.18. The number of carbonyl (C=O) groups is 2. The van der Waals surface area contributed by atoms with Gasteiger partial charge in [0.1, 0.15) is 0 Å². The van der Waals surface area contributed by atoms with Crippen LogP contribution in [0.4, 0.5) is 18.9 Å². The monoisotopic (exact) mass is 352 g/mol. The molecule has 1 unspecified atom stereocenters. The molecule has 0 bridgehead atoms. The summed E-state index contributed by atoms with van der Waals surface area (Å²) in [7, 11) is 0. The van der Waals surface area contributed by atoms with E-state index in [4.69, 9.17) is 11.6 Å². The van der Waals surface area contributed by atoms with Gasteiger partial charge in [0.2, 0.25) is 5.91 Å². The quantitative estimate of drug-likeness (QED) is 0.610. The van der Waals surface area contributed by atoms with Crippen molar-refractivity contribution in [2.75, 3.05) is 11.9 Å². The Morgan fingerprint density at radius 2 is 1.83 bits per heavy atom. The highest BCUT2D eigenvalue weighted by Crippen LogP contribution is 2.35. The first kappa shape index (κ1) is 19.1. The number of anilines is 1. The topological polar surface area (TPSA) is 67.4 Å². The van der Waals surface area contributed by atoms with Crippen LogP contribution in [0.15, 0.2) is 24.3 Å². The fourth-order valence-electron chi connectivity index (χ4n) is 1.69. The van der Waals surface area contributed by atoms with Crippen LogP contribution < -0.4 is 10.6 Å². The molecule has 0 saturated carbocycles. The molecule has 1 amide bonds. The lowest BCUT2D eigenvalue weighted by atomic mass is 10.1. The predicted octanol–water partition coefficient (Wildman–Crippen LogP) is 3.10. The standard InChI is InChI=1S/C14H16ClF3N2O3/c1-3-11(21)20-13(14(16,17)18,12(22)23-4-2)19-10-8-6-5-7-9(10)15/h5-8,19H,3-4H2,1-2H3,(H,20,21). The molecule has 1 aromatic rings. The second-order valence-electron chi connectivity index (χ2n) is 4.47. The third-order valence-electron chi connectivity index (χ3n) is 2.85. The van der Waals surface area contributed by atoms with Gasteiger partial charge in [-0.2, -0.15) is 13.2 Å². The van der Waals surface area contributed by atoms with E-state index in [-0.39, 0.29) is 23.7 Å². The number of halogens is 4. The Kier molecular flexibility index (Phi) is 6.26. The lowest BCUT2D eigenvalue weighted by Crippen LogP contribution is -2.69. The van der Waals surface area contributed by atoms with Gasteiger partial charge in [0.05, 0.1) is 17.3 Å². The van der Waals surface area contributed by atoms with E-state index in [1.54, 1.807) is 5.32 Å². The number of benzene rings is 1. The average molecular weight is 353 g/mol. The first-order valence-electron chi connectivity index (χ1n) is 6.75. The van der Waals surface area contributed by atoms with Gasteiger partial charge in [-0.25, -0.2) is 4.79 Å². The summed E-state index contributed by atoms with van der Waals surface area (Å²) in [6.45, 7) is 2.43. The summed E-state index contributed by atoms with van der Waals surface area (Å²) in [5, 5.41) is 3.61. The number of para-hydroxylation sites is 1. The second-order valence-corrected chi connectivity index (χ2v) is 4.88. The van der Waals surface area contributed by atoms with Gasteiger partial charge < -0.3 is 15.4 Å². The van der Waals surface area contributed by atoms with Crippen molar-refractivity contribution in [1.29, 1.82) is 0 Å². The van der Waals surface area contributed by atoms with Gasteiger partial charge in [-0.1, -0.05) is 30.7 Å². The number of alkyl halides is 3. The zero-order chi connectivity index (χ0) is 17.7. The molecule has 0 fully saturated rings. The fourth-order valence-corrected chi connectivity index (χ4v) is 1.88. The zero-order valence-electron chi connectivity index (χ0n) is 12.5. The van der Waals surface area contributed by atoms with Crippen LogP contribution in [0.5, 0.6) is 0 Å². The van der Waals surface area contributed by atoms with Crippen LogP contribution in [-0.4, -0.2) is 30.3 Å². The predicted molar refractivity (Wildman–Crippen MR) is 78.9 cm³/mol. The Labute approximate surface area is 136 Å². The van der Waals surface area contributed by atoms with Gasteiger partial charge in [-0.15, -0.1) is 0 Å². The Bertz CT molecular complexity index is 581. The summed E-state index contributed by atoms with van der Waals surface area (Å²) in [6, 6.07) is 5.54. The van der Waals surface area contributed by atoms with Crippen molar-refractivity contribution in [3.63, 3.8) is 0 Å². The van der Waals surface area contributed by atoms with Gasteiger partial charge in [-0.05, 0) is 19.1 Å². The molecule has 1 atom stereocenters. The van der Waals surface area contributed by atoms with E-state index in [0.29, 0.717) is 0 Å². The number of hydrogen-bond acceptors (Lipinski definition) is 4. The molecule has 2 N–H and O–H groups in total. The molecule has 0 aliphatic heterocycles. The van der Waals surface area contributed by atoms with E-state index >= 15 is 0 Å². The molecule has 5 nitrogen and oxygen atoms in total. The van der Waals surface area contributed by atoms with Gasteiger partial charge in [0.15, 0.2) is 0 Å². The molecule has 128 valence electrons. The van der Waals surface area contributed by atoms with Gasteiger partial charge in [-0.3, -0.25) is 4.79 Å². The number of hydrogen-bond donors (Lipinski definition) is 2. The minimum atomic E-state index is -5.16. The molecule has 23 heavy (non-hydrogen) atoms. The number of rotatable bonds is 6. The normalized spacial score (nSPS) is 13.8. The summed E-state index contributed by atoms with van der Waals surface area (Å²) in [6.07, 6.45) is -5.41. The van der Waals surface area contributed by atoms with Gasteiger partial charge >= 0.3 is 17.8 Å². The van der Waals surface area contributed by atoms with Crippen LogP contribution in [0.25, 0.3) is 0 Å². The highest BCUT2D eigenvalue weighted by molar-refractivity contribution is 6.33. The molecular formula is C14H16ClF3N2O3. The first-order chi connectivity index (χ1) is 10.7. The average Bonchev–Trinajstić information content (AvgIpc) is 2.47. The molecule has 0 aromatic heterocycles. The fraction of sp³-hybridized carbons (Fsp3) is 0.429. The molecule has 0 saturated heterocycles. The number of nitrogens with one attached hydrogen (secondary N) is 2. The van der Waals surface area contributed by atoms with Crippen LogP contribution >= 0.6 is 11.6 Å². The van der Waals surface area contributed by atoms with Crippen LogP contribution in [-0.2, 0) is 14.3 Å². The molecule has 0 spiro atoms. The highest BCUT2D eigenvalue weighted by Gasteiger charge is 2.63. The minimum absolute atomic E-state index is 0.0452. The van der Waals surface area contributed by atoms with Crippen molar-refractivity contribution in [2.24, 2.45) is 0 Å². The van der Waals surface area contributed by atoms with E-state index in [2.05, 4.69) is 4.74 Å². The maximum absolute atomic E-state index is 13.6. The number of esters is 1. The molecule has 0 heterocycles. The van der Waals surface area contributed by atoms with Gasteiger partial charge in [0.25, 0.3) is 0 Å². The lowest BCUT2D eigenvalue weighted by Gasteiger charge is -2.35. The van der Waals surface area contributed by atoms with E-state index < -0.39 is 23.7 Å². The molecule has 1 aromatic carbocycles. The maximum atomic E-state index is 13.6. The summed E-state index contributed by atoms with van der Waals surface area (Å²) in [4.78, 5) is 23.6. The first-order valence-corrected chi connectivity index (χ1v) is 7.13. The highest BCUT2D eigenvalue weighted by atomic mass is 35.5.